The predicted octanol–water partition coefficient (Wildman–Crippen LogP) is 24.5. The molecule has 0 aliphatic carbocycles. The van der Waals surface area contributed by atoms with E-state index < -0.39 is 97.5 Å². The standard InChI is InChI=1S/C82H160O17P2/c1-8-10-11-12-13-14-35-42-49-56-63-79(84)92-70-78(99-82(87)66-59-52-45-38-40-47-54-61-74(5)6)72-97-101(90,91)95-68-76(83)67-94-100(88,89)96-71-77(69-93-80(85)64-57-50-43-36-31-27-23-20-19-21-25-29-33-39-46-53-60-73(3)4)98-81(86)65-58-51-44-37-32-28-24-18-16-15-17-22-26-30-34-41-48-55-62-75(7)9-2/h73-78,83H,8-72H2,1-7H3,(H,88,89)(H,90,91)/t75?,76-,77-,78-/m1/s1. The third-order valence-corrected chi connectivity index (χ3v) is 21.4. The molecule has 0 aromatic heterocycles. The number of phosphoric ester groups is 2. The largest absolute Gasteiger partial charge is 0.472 e. The molecule has 101 heavy (non-hydrogen) atoms. The van der Waals surface area contributed by atoms with Crippen LogP contribution in [0.25, 0.3) is 0 Å². The van der Waals surface area contributed by atoms with E-state index in [1.54, 1.807) is 0 Å². The second-order valence-electron chi connectivity index (χ2n) is 30.7. The highest BCUT2D eigenvalue weighted by atomic mass is 31.2. The van der Waals surface area contributed by atoms with E-state index in [4.69, 9.17) is 37.0 Å². The summed E-state index contributed by atoms with van der Waals surface area (Å²) in [5.41, 5.74) is 0. The predicted molar refractivity (Wildman–Crippen MR) is 414 cm³/mol. The van der Waals surface area contributed by atoms with Gasteiger partial charge in [0.1, 0.15) is 19.3 Å². The number of unbranched alkanes of at least 4 members (excludes halogenated alkanes) is 47. The Balaban J connectivity index is 5.18. The molecule has 0 saturated carbocycles. The Bertz CT molecular complexity index is 1960. The summed E-state index contributed by atoms with van der Waals surface area (Å²) in [4.78, 5) is 72.9. The van der Waals surface area contributed by atoms with Crippen LogP contribution in [0.4, 0.5) is 0 Å². The third kappa shape index (κ3) is 74.7. The van der Waals surface area contributed by atoms with E-state index in [0.29, 0.717) is 31.6 Å². The molecule has 0 aromatic carbocycles. The van der Waals surface area contributed by atoms with Crippen molar-refractivity contribution in [2.24, 2.45) is 17.8 Å². The lowest BCUT2D eigenvalue weighted by Gasteiger charge is -2.21. The van der Waals surface area contributed by atoms with Gasteiger partial charge in [0, 0.05) is 25.7 Å². The van der Waals surface area contributed by atoms with Crippen LogP contribution >= 0.6 is 15.6 Å². The normalized spacial score (nSPS) is 14.2. The van der Waals surface area contributed by atoms with E-state index in [2.05, 4.69) is 48.5 Å². The van der Waals surface area contributed by atoms with E-state index in [1.165, 1.54) is 238 Å². The van der Waals surface area contributed by atoms with Crippen molar-refractivity contribution in [3.8, 4) is 0 Å². The van der Waals surface area contributed by atoms with Crippen molar-refractivity contribution in [2.75, 3.05) is 39.6 Å². The molecule has 0 fully saturated rings. The van der Waals surface area contributed by atoms with Crippen LogP contribution in [0.2, 0.25) is 0 Å². The summed E-state index contributed by atoms with van der Waals surface area (Å²) in [5.74, 6) is 0.266. The smallest absolute Gasteiger partial charge is 0.462 e. The Morgan fingerprint density at radius 3 is 0.752 bits per heavy atom. The lowest BCUT2D eigenvalue weighted by molar-refractivity contribution is -0.161. The van der Waals surface area contributed by atoms with Gasteiger partial charge in [0.2, 0.25) is 0 Å². The Labute approximate surface area is 619 Å². The highest BCUT2D eigenvalue weighted by molar-refractivity contribution is 7.47. The van der Waals surface area contributed by atoms with Crippen LogP contribution in [0.1, 0.15) is 427 Å². The molecule has 0 saturated heterocycles. The van der Waals surface area contributed by atoms with Crippen LogP contribution in [-0.4, -0.2) is 96.7 Å². The number of carbonyl (C=O) groups excluding carboxylic acids is 4. The van der Waals surface area contributed by atoms with Crippen LogP contribution in [0.15, 0.2) is 0 Å². The first-order valence-electron chi connectivity index (χ1n) is 42.4. The van der Waals surface area contributed by atoms with Gasteiger partial charge >= 0.3 is 39.5 Å². The summed E-state index contributed by atoms with van der Waals surface area (Å²) in [6.45, 7) is 12.0. The number of aliphatic hydroxyl groups is 1. The van der Waals surface area contributed by atoms with Crippen molar-refractivity contribution in [1.82, 2.24) is 0 Å². The average molecular weight is 1480 g/mol. The Hall–Kier alpha value is -1.94. The minimum Gasteiger partial charge on any atom is -0.462 e. The highest BCUT2D eigenvalue weighted by Crippen LogP contribution is 2.45. The fourth-order valence-corrected chi connectivity index (χ4v) is 14.2. The summed E-state index contributed by atoms with van der Waals surface area (Å²) in [6, 6.07) is 0. The van der Waals surface area contributed by atoms with Gasteiger partial charge in [-0.2, -0.15) is 0 Å². The molecule has 600 valence electrons. The summed E-state index contributed by atoms with van der Waals surface area (Å²) in [7, 11) is -9.92. The zero-order valence-corrected chi connectivity index (χ0v) is 68.2. The molecule has 3 N–H and O–H groups in total. The molecule has 0 heterocycles. The van der Waals surface area contributed by atoms with Crippen LogP contribution in [0, 0.1) is 17.8 Å². The first kappa shape index (κ1) is 99.1. The van der Waals surface area contributed by atoms with Crippen LogP contribution in [0.5, 0.6) is 0 Å². The van der Waals surface area contributed by atoms with Crippen molar-refractivity contribution in [1.29, 1.82) is 0 Å². The molecule has 3 unspecified atom stereocenters. The van der Waals surface area contributed by atoms with E-state index in [0.717, 1.165) is 102 Å². The Morgan fingerprint density at radius 1 is 0.287 bits per heavy atom. The molecule has 17 nitrogen and oxygen atoms in total. The highest BCUT2D eigenvalue weighted by Gasteiger charge is 2.30. The van der Waals surface area contributed by atoms with Gasteiger partial charge in [0.25, 0.3) is 0 Å². The van der Waals surface area contributed by atoms with Gasteiger partial charge in [0.15, 0.2) is 12.2 Å². The number of rotatable bonds is 80. The second-order valence-corrected chi connectivity index (χ2v) is 33.6. The van der Waals surface area contributed by atoms with Gasteiger partial charge in [-0.25, -0.2) is 9.13 Å². The minimum absolute atomic E-state index is 0.104. The minimum atomic E-state index is -4.96. The van der Waals surface area contributed by atoms with Crippen LogP contribution in [-0.2, 0) is 65.4 Å². The number of esters is 4. The topological polar surface area (TPSA) is 237 Å². The van der Waals surface area contributed by atoms with Gasteiger partial charge in [-0.15, -0.1) is 0 Å². The van der Waals surface area contributed by atoms with Crippen molar-refractivity contribution >= 4 is 39.5 Å². The second kappa shape index (κ2) is 72.3. The summed E-state index contributed by atoms with van der Waals surface area (Å²) in [5, 5.41) is 10.6. The van der Waals surface area contributed by atoms with Crippen LogP contribution < -0.4 is 0 Å². The quantitative estimate of drug-likeness (QED) is 0.0222. The summed E-state index contributed by atoms with van der Waals surface area (Å²) < 4.78 is 68.6. The lowest BCUT2D eigenvalue weighted by Crippen LogP contribution is -2.30. The summed E-state index contributed by atoms with van der Waals surface area (Å²) in [6.07, 6.45) is 61.2. The zero-order chi connectivity index (χ0) is 74.4. The molecular formula is C82H160O17P2. The van der Waals surface area contributed by atoms with E-state index >= 15 is 0 Å². The lowest BCUT2D eigenvalue weighted by atomic mass is 9.99. The molecule has 0 spiro atoms. The third-order valence-electron chi connectivity index (χ3n) is 19.5. The number of ether oxygens (including phenoxy) is 4. The molecule has 19 heteroatoms. The molecule has 0 amide bonds. The van der Waals surface area contributed by atoms with Gasteiger partial charge in [-0.05, 0) is 43.4 Å². The number of hydrogen-bond acceptors (Lipinski definition) is 15. The molecule has 0 radical (unpaired) electrons. The van der Waals surface area contributed by atoms with E-state index in [-0.39, 0.29) is 25.7 Å². The van der Waals surface area contributed by atoms with Crippen molar-refractivity contribution in [3.63, 3.8) is 0 Å². The molecule has 0 aliphatic heterocycles. The molecule has 0 rings (SSSR count). The number of phosphoric acid groups is 2. The number of hydrogen-bond donors (Lipinski definition) is 3. The summed E-state index contributed by atoms with van der Waals surface area (Å²) >= 11 is 0. The molecule has 0 bridgehead atoms. The number of aliphatic hydroxyl groups excluding tert-OH is 1. The fraction of sp³-hybridized carbons (Fsp3) is 0.951. The fourth-order valence-electron chi connectivity index (χ4n) is 12.6. The number of carbonyl (C=O) groups is 4. The zero-order valence-electron chi connectivity index (χ0n) is 66.4. The van der Waals surface area contributed by atoms with Crippen molar-refractivity contribution in [3.05, 3.63) is 0 Å². The average Bonchev–Trinajstić information content (AvgIpc) is 0.978. The van der Waals surface area contributed by atoms with Crippen molar-refractivity contribution in [2.45, 2.75) is 446 Å². The SMILES string of the molecule is CCCCCCCCCCCCC(=O)OC[C@H](COP(=O)(O)OC[C@H](O)COP(=O)(O)OC[C@@H](COC(=O)CCCCCCCCCCCCCCCCCCC(C)C)OC(=O)CCCCCCCCCCCCCCCCCCCCC(C)CC)OC(=O)CCCCCCCCCC(C)C. The maximum Gasteiger partial charge on any atom is 0.472 e. The maximum atomic E-state index is 13.1. The van der Waals surface area contributed by atoms with Crippen molar-refractivity contribution < 1.29 is 80.2 Å². The Morgan fingerprint density at radius 2 is 0.505 bits per heavy atom. The maximum absolute atomic E-state index is 13.1. The van der Waals surface area contributed by atoms with Crippen LogP contribution in [0.3, 0.4) is 0 Å². The van der Waals surface area contributed by atoms with Gasteiger partial charge in [-0.3, -0.25) is 37.3 Å². The van der Waals surface area contributed by atoms with E-state index in [1.807, 2.05) is 0 Å². The monoisotopic (exact) mass is 1480 g/mol. The van der Waals surface area contributed by atoms with Gasteiger partial charge in [0.05, 0.1) is 26.4 Å². The first-order chi connectivity index (χ1) is 48.8. The Kier molecular flexibility index (Phi) is 70.9. The van der Waals surface area contributed by atoms with Gasteiger partial charge < -0.3 is 33.8 Å². The first-order valence-corrected chi connectivity index (χ1v) is 45.4. The van der Waals surface area contributed by atoms with Gasteiger partial charge in [-0.1, -0.05) is 376 Å². The molecule has 0 aromatic rings. The van der Waals surface area contributed by atoms with E-state index in [9.17, 15) is 43.2 Å². The molecule has 0 aliphatic rings. The molecule has 6 atom stereocenters. The molecular weight excluding hydrogens is 1320 g/mol.